The summed E-state index contributed by atoms with van der Waals surface area (Å²) in [6.45, 7) is 2.12. The minimum Gasteiger partial charge on any atom is -0.350 e. The van der Waals surface area contributed by atoms with Gasteiger partial charge in [0, 0.05) is 25.0 Å². The molecule has 1 fully saturated rings. The summed E-state index contributed by atoms with van der Waals surface area (Å²) in [6, 6.07) is 0.452. The Morgan fingerprint density at radius 1 is 1.33 bits per heavy atom. The zero-order valence-electron chi connectivity index (χ0n) is 8.54. The standard InChI is InChI=1S/C10H15BrN4/c11-8-5-13-10(14-6-8)15-9-3-1-2-4-12-7-9/h5-6,9,12H,1-4,7H2,(H,13,14,15). The Labute approximate surface area is 98.0 Å². The molecular formula is C10H15BrN4. The fraction of sp³-hybridized carbons (Fsp3) is 0.600. The van der Waals surface area contributed by atoms with Gasteiger partial charge < -0.3 is 10.6 Å². The molecule has 0 aromatic carbocycles. The monoisotopic (exact) mass is 270 g/mol. The largest absolute Gasteiger partial charge is 0.350 e. The molecule has 0 spiro atoms. The van der Waals surface area contributed by atoms with Crippen molar-refractivity contribution in [1.82, 2.24) is 15.3 Å². The van der Waals surface area contributed by atoms with E-state index >= 15 is 0 Å². The van der Waals surface area contributed by atoms with Crippen molar-refractivity contribution in [1.29, 1.82) is 0 Å². The van der Waals surface area contributed by atoms with Crippen LogP contribution < -0.4 is 10.6 Å². The van der Waals surface area contributed by atoms with Gasteiger partial charge in [0.1, 0.15) is 0 Å². The predicted octanol–water partition coefficient (Wildman–Crippen LogP) is 1.79. The quantitative estimate of drug-likeness (QED) is 0.861. The van der Waals surface area contributed by atoms with E-state index in [2.05, 4.69) is 36.5 Å². The zero-order valence-corrected chi connectivity index (χ0v) is 10.1. The Bertz CT molecular complexity index is 293. The summed E-state index contributed by atoms with van der Waals surface area (Å²) >= 11 is 3.32. The molecule has 0 bridgehead atoms. The van der Waals surface area contributed by atoms with Crippen molar-refractivity contribution in [3.05, 3.63) is 16.9 Å². The highest BCUT2D eigenvalue weighted by Gasteiger charge is 2.12. The van der Waals surface area contributed by atoms with Crippen molar-refractivity contribution < 1.29 is 0 Å². The lowest BCUT2D eigenvalue weighted by molar-refractivity contribution is 0.631. The van der Waals surface area contributed by atoms with Crippen molar-refractivity contribution in [2.75, 3.05) is 18.4 Å². The molecule has 1 unspecified atom stereocenters. The first-order valence-corrected chi connectivity index (χ1v) is 6.09. The topological polar surface area (TPSA) is 49.8 Å². The second kappa shape index (κ2) is 5.42. The Morgan fingerprint density at radius 3 is 2.93 bits per heavy atom. The molecule has 0 aliphatic carbocycles. The molecule has 1 saturated heterocycles. The Balaban J connectivity index is 1.92. The Kier molecular flexibility index (Phi) is 3.91. The van der Waals surface area contributed by atoms with Crippen LogP contribution in [0.1, 0.15) is 19.3 Å². The van der Waals surface area contributed by atoms with Crippen LogP contribution in [0.2, 0.25) is 0 Å². The lowest BCUT2D eigenvalue weighted by Crippen LogP contribution is -2.31. The van der Waals surface area contributed by atoms with Crippen LogP contribution >= 0.6 is 15.9 Å². The normalized spacial score (nSPS) is 22.1. The number of nitrogens with one attached hydrogen (secondary N) is 2. The van der Waals surface area contributed by atoms with Crippen molar-refractivity contribution in [3.63, 3.8) is 0 Å². The number of rotatable bonds is 2. The van der Waals surface area contributed by atoms with Crippen LogP contribution in [0, 0.1) is 0 Å². The van der Waals surface area contributed by atoms with E-state index < -0.39 is 0 Å². The van der Waals surface area contributed by atoms with Gasteiger partial charge in [0.25, 0.3) is 0 Å². The number of nitrogens with zero attached hydrogens (tertiary/aromatic N) is 2. The van der Waals surface area contributed by atoms with Crippen LogP contribution in [0.3, 0.4) is 0 Å². The molecule has 1 atom stereocenters. The van der Waals surface area contributed by atoms with E-state index in [4.69, 9.17) is 0 Å². The summed E-state index contributed by atoms with van der Waals surface area (Å²) in [4.78, 5) is 8.41. The average molecular weight is 271 g/mol. The first kappa shape index (κ1) is 10.8. The molecule has 4 nitrogen and oxygen atoms in total. The number of aromatic nitrogens is 2. The van der Waals surface area contributed by atoms with E-state index in [1.54, 1.807) is 12.4 Å². The first-order valence-electron chi connectivity index (χ1n) is 5.29. The maximum Gasteiger partial charge on any atom is 0.222 e. The molecule has 82 valence electrons. The molecule has 1 aliphatic rings. The Hall–Kier alpha value is -0.680. The number of hydrogen-bond acceptors (Lipinski definition) is 4. The third-order valence-electron chi connectivity index (χ3n) is 2.50. The van der Waals surface area contributed by atoms with Crippen LogP contribution in [-0.2, 0) is 0 Å². The summed E-state index contributed by atoms with van der Waals surface area (Å²) in [5.41, 5.74) is 0. The van der Waals surface area contributed by atoms with Gasteiger partial charge in [-0.1, -0.05) is 6.42 Å². The number of anilines is 1. The minimum absolute atomic E-state index is 0.452. The number of hydrogen-bond donors (Lipinski definition) is 2. The van der Waals surface area contributed by atoms with Crippen LogP contribution in [0.5, 0.6) is 0 Å². The van der Waals surface area contributed by atoms with Crippen LogP contribution in [-0.4, -0.2) is 29.1 Å². The molecule has 1 aromatic heterocycles. The molecule has 2 heterocycles. The van der Waals surface area contributed by atoms with E-state index in [1.165, 1.54) is 19.3 Å². The Morgan fingerprint density at radius 2 is 2.13 bits per heavy atom. The third kappa shape index (κ3) is 3.43. The molecule has 0 saturated carbocycles. The zero-order chi connectivity index (χ0) is 10.5. The summed E-state index contributed by atoms with van der Waals surface area (Å²) in [6.07, 6.45) is 7.24. The molecule has 2 N–H and O–H groups in total. The van der Waals surface area contributed by atoms with E-state index in [0.29, 0.717) is 12.0 Å². The predicted molar refractivity (Wildman–Crippen MR) is 63.9 cm³/mol. The van der Waals surface area contributed by atoms with Crippen molar-refractivity contribution in [3.8, 4) is 0 Å². The van der Waals surface area contributed by atoms with Gasteiger partial charge in [0.05, 0.1) is 4.47 Å². The SMILES string of the molecule is Brc1cnc(NC2CCCCNC2)nc1. The van der Waals surface area contributed by atoms with Gasteiger partial charge >= 0.3 is 0 Å². The summed E-state index contributed by atoms with van der Waals surface area (Å²) in [5.74, 6) is 0.715. The highest BCUT2D eigenvalue weighted by atomic mass is 79.9. The number of halogens is 1. The van der Waals surface area contributed by atoms with Gasteiger partial charge in [-0.3, -0.25) is 0 Å². The molecule has 2 rings (SSSR count). The minimum atomic E-state index is 0.452. The van der Waals surface area contributed by atoms with E-state index in [1.807, 2.05) is 0 Å². The summed E-state index contributed by atoms with van der Waals surface area (Å²) in [5, 5.41) is 6.74. The molecule has 1 aromatic rings. The van der Waals surface area contributed by atoms with Gasteiger partial charge in [0.2, 0.25) is 5.95 Å². The average Bonchev–Trinajstić information content (AvgIpc) is 2.50. The van der Waals surface area contributed by atoms with Crippen molar-refractivity contribution in [2.45, 2.75) is 25.3 Å². The highest BCUT2D eigenvalue weighted by Crippen LogP contribution is 2.11. The fourth-order valence-electron chi connectivity index (χ4n) is 1.71. The van der Waals surface area contributed by atoms with Crippen LogP contribution in [0.25, 0.3) is 0 Å². The molecule has 1 aliphatic heterocycles. The van der Waals surface area contributed by atoms with Gasteiger partial charge in [0.15, 0.2) is 0 Å². The lowest BCUT2D eigenvalue weighted by atomic mass is 10.1. The second-order valence-corrected chi connectivity index (χ2v) is 4.68. The van der Waals surface area contributed by atoms with Gasteiger partial charge in [-0.25, -0.2) is 9.97 Å². The first-order chi connectivity index (χ1) is 7.34. The molecule has 0 amide bonds. The van der Waals surface area contributed by atoms with E-state index in [0.717, 1.165) is 17.6 Å². The lowest BCUT2D eigenvalue weighted by Gasteiger charge is -2.15. The van der Waals surface area contributed by atoms with E-state index in [-0.39, 0.29) is 0 Å². The van der Waals surface area contributed by atoms with Gasteiger partial charge in [-0.15, -0.1) is 0 Å². The smallest absolute Gasteiger partial charge is 0.222 e. The van der Waals surface area contributed by atoms with Gasteiger partial charge in [-0.05, 0) is 35.3 Å². The fourth-order valence-corrected chi connectivity index (χ4v) is 1.92. The van der Waals surface area contributed by atoms with Crippen molar-refractivity contribution >= 4 is 21.9 Å². The molecule has 5 heteroatoms. The summed E-state index contributed by atoms with van der Waals surface area (Å²) in [7, 11) is 0. The van der Waals surface area contributed by atoms with Crippen LogP contribution in [0.4, 0.5) is 5.95 Å². The third-order valence-corrected chi connectivity index (χ3v) is 2.91. The molecule has 0 radical (unpaired) electrons. The summed E-state index contributed by atoms with van der Waals surface area (Å²) < 4.78 is 0.909. The maximum absolute atomic E-state index is 4.21. The van der Waals surface area contributed by atoms with Gasteiger partial charge in [-0.2, -0.15) is 0 Å². The molecule has 15 heavy (non-hydrogen) atoms. The maximum atomic E-state index is 4.21. The van der Waals surface area contributed by atoms with Crippen molar-refractivity contribution in [2.24, 2.45) is 0 Å². The van der Waals surface area contributed by atoms with E-state index in [9.17, 15) is 0 Å². The molecular weight excluding hydrogens is 256 g/mol. The highest BCUT2D eigenvalue weighted by molar-refractivity contribution is 9.10. The second-order valence-electron chi connectivity index (χ2n) is 3.77. The van der Waals surface area contributed by atoms with Crippen LogP contribution in [0.15, 0.2) is 16.9 Å².